The number of fused-ring (bicyclic) bond motifs is 1. The van der Waals surface area contributed by atoms with Gasteiger partial charge in [0.05, 0.1) is 15.8 Å². The Morgan fingerprint density at radius 2 is 1.71 bits per heavy atom. The Kier molecular flexibility index (Phi) is 6.32. The lowest BCUT2D eigenvalue weighted by molar-refractivity contribution is -0.137. The fourth-order valence-electron chi connectivity index (χ4n) is 2.89. The minimum absolute atomic E-state index is 0.204. The number of carbonyl (C=O) groups excluding carboxylic acids is 2. The number of anilines is 2. The molecule has 12 heteroatoms. The van der Waals surface area contributed by atoms with Gasteiger partial charge in [-0.3, -0.25) is 15.1 Å². The van der Waals surface area contributed by atoms with Crippen molar-refractivity contribution in [2.45, 2.75) is 6.18 Å². The van der Waals surface area contributed by atoms with E-state index in [1.54, 1.807) is 24.3 Å². The van der Waals surface area contributed by atoms with Gasteiger partial charge in [-0.2, -0.15) is 13.2 Å². The van der Waals surface area contributed by atoms with Crippen molar-refractivity contribution in [1.82, 2.24) is 15.3 Å². The summed E-state index contributed by atoms with van der Waals surface area (Å²) < 4.78 is 44.5. The van der Waals surface area contributed by atoms with Crippen LogP contribution in [-0.2, 0) is 6.18 Å². The van der Waals surface area contributed by atoms with Crippen molar-refractivity contribution in [3.63, 3.8) is 0 Å². The Bertz CT molecular complexity index is 1360. The van der Waals surface area contributed by atoms with Crippen molar-refractivity contribution >= 4 is 44.3 Å². The van der Waals surface area contributed by atoms with E-state index in [-0.39, 0.29) is 17.3 Å². The predicted octanol–water partition coefficient (Wildman–Crippen LogP) is 5.51. The fraction of sp³-hybridized carbons (Fsp3) is 0.0909. The number of aromatic nitrogens is 2. The monoisotopic (exact) mass is 487 g/mol. The first-order valence-corrected chi connectivity index (χ1v) is 10.5. The summed E-state index contributed by atoms with van der Waals surface area (Å²) in [6.45, 7) is 0. The van der Waals surface area contributed by atoms with E-state index < -0.39 is 17.8 Å². The van der Waals surface area contributed by atoms with Crippen LogP contribution in [0.15, 0.2) is 60.8 Å². The molecule has 0 saturated carbocycles. The first-order valence-electron chi connectivity index (χ1n) is 9.73. The van der Waals surface area contributed by atoms with Gasteiger partial charge in [0, 0.05) is 31.1 Å². The molecular formula is C22H16F3N5O3S. The molecule has 0 unspecified atom stereocenters. The number of amides is 3. The number of urea groups is 1. The van der Waals surface area contributed by atoms with E-state index in [1.165, 1.54) is 42.8 Å². The minimum Gasteiger partial charge on any atom is -0.457 e. The van der Waals surface area contributed by atoms with Crippen LogP contribution in [0.4, 0.5) is 28.8 Å². The Morgan fingerprint density at radius 1 is 0.971 bits per heavy atom. The first-order chi connectivity index (χ1) is 16.2. The maximum absolute atomic E-state index is 12.7. The molecule has 0 aliphatic rings. The molecule has 0 aliphatic heterocycles. The second-order valence-corrected chi connectivity index (χ2v) is 7.89. The van der Waals surface area contributed by atoms with Crippen LogP contribution in [0.25, 0.3) is 10.2 Å². The number of rotatable bonds is 5. The van der Waals surface area contributed by atoms with Crippen LogP contribution in [0.2, 0.25) is 0 Å². The van der Waals surface area contributed by atoms with Crippen LogP contribution in [0.3, 0.4) is 0 Å². The summed E-state index contributed by atoms with van der Waals surface area (Å²) in [7, 11) is 1.50. The lowest BCUT2D eigenvalue weighted by Gasteiger charge is -2.08. The van der Waals surface area contributed by atoms with E-state index in [4.69, 9.17) is 4.74 Å². The van der Waals surface area contributed by atoms with Gasteiger partial charge in [0.1, 0.15) is 17.2 Å². The van der Waals surface area contributed by atoms with Crippen LogP contribution < -0.4 is 20.7 Å². The smallest absolute Gasteiger partial charge is 0.416 e. The Balaban J connectivity index is 1.43. The number of benzene rings is 2. The molecular weight excluding hydrogens is 471 g/mol. The van der Waals surface area contributed by atoms with Crippen molar-refractivity contribution in [1.29, 1.82) is 0 Å². The van der Waals surface area contributed by atoms with E-state index in [2.05, 4.69) is 25.9 Å². The maximum atomic E-state index is 12.7. The number of thiazole rings is 1. The third kappa shape index (κ3) is 5.41. The molecule has 174 valence electrons. The maximum Gasteiger partial charge on any atom is 0.416 e. The van der Waals surface area contributed by atoms with Gasteiger partial charge < -0.3 is 15.4 Å². The average molecular weight is 487 g/mol. The molecule has 3 N–H and O–H groups in total. The van der Waals surface area contributed by atoms with Crippen molar-refractivity contribution in [2.75, 3.05) is 17.7 Å². The zero-order chi connectivity index (χ0) is 24.3. The number of halogens is 3. The molecule has 0 fully saturated rings. The van der Waals surface area contributed by atoms with Gasteiger partial charge in [-0.25, -0.2) is 9.78 Å². The van der Waals surface area contributed by atoms with Crippen LogP contribution >= 0.6 is 11.3 Å². The number of hydrogen-bond acceptors (Lipinski definition) is 6. The average Bonchev–Trinajstić information content (AvgIpc) is 3.19. The molecule has 8 nitrogen and oxygen atoms in total. The third-order valence-electron chi connectivity index (χ3n) is 4.48. The van der Waals surface area contributed by atoms with Crippen molar-refractivity contribution in [3.8, 4) is 11.5 Å². The quantitative estimate of drug-likeness (QED) is 0.345. The van der Waals surface area contributed by atoms with Gasteiger partial charge in [-0.15, -0.1) is 0 Å². The largest absolute Gasteiger partial charge is 0.457 e. The van der Waals surface area contributed by atoms with E-state index in [0.717, 1.165) is 16.8 Å². The number of nitrogens with one attached hydrogen (secondary N) is 3. The highest BCUT2D eigenvalue weighted by molar-refractivity contribution is 7.22. The molecule has 0 atom stereocenters. The molecule has 0 bridgehead atoms. The van der Waals surface area contributed by atoms with E-state index in [1.807, 2.05) is 0 Å². The van der Waals surface area contributed by atoms with Gasteiger partial charge in [0.2, 0.25) is 0 Å². The lowest BCUT2D eigenvalue weighted by Crippen LogP contribution is -2.19. The van der Waals surface area contributed by atoms with E-state index in [0.29, 0.717) is 22.1 Å². The van der Waals surface area contributed by atoms with Gasteiger partial charge in [0.15, 0.2) is 5.13 Å². The molecule has 2 aromatic carbocycles. The SMILES string of the molecule is CNC(=O)c1cc(Oc2ccc3nc(NC(=O)Nc4ccc(C(F)(F)F)cc4)sc3c2)ccn1. The van der Waals surface area contributed by atoms with Gasteiger partial charge in [0.25, 0.3) is 5.91 Å². The normalized spacial score (nSPS) is 11.2. The zero-order valence-electron chi connectivity index (χ0n) is 17.4. The molecule has 2 aromatic heterocycles. The Morgan fingerprint density at radius 3 is 2.41 bits per heavy atom. The van der Waals surface area contributed by atoms with Gasteiger partial charge >= 0.3 is 12.2 Å². The number of alkyl halides is 3. The van der Waals surface area contributed by atoms with Gasteiger partial charge in [-0.1, -0.05) is 11.3 Å². The number of hydrogen-bond donors (Lipinski definition) is 3. The lowest BCUT2D eigenvalue weighted by atomic mass is 10.2. The van der Waals surface area contributed by atoms with E-state index >= 15 is 0 Å². The number of carbonyl (C=O) groups is 2. The second-order valence-electron chi connectivity index (χ2n) is 6.86. The summed E-state index contributed by atoms with van der Waals surface area (Å²) in [5.41, 5.74) is 0.224. The summed E-state index contributed by atoms with van der Waals surface area (Å²) in [6.07, 6.45) is -2.99. The van der Waals surface area contributed by atoms with Crippen molar-refractivity contribution in [3.05, 3.63) is 72.1 Å². The van der Waals surface area contributed by atoms with Crippen LogP contribution in [0.1, 0.15) is 16.1 Å². The van der Waals surface area contributed by atoms with Crippen molar-refractivity contribution < 1.29 is 27.5 Å². The molecule has 34 heavy (non-hydrogen) atoms. The second kappa shape index (κ2) is 9.35. The Labute approximate surface area is 194 Å². The standard InChI is InChI=1S/C22H16F3N5O3S/c1-26-19(31)17-10-15(8-9-27-17)33-14-6-7-16-18(11-14)34-21(29-16)30-20(32)28-13-4-2-12(3-5-13)22(23,24)25/h2-11H,1H3,(H,26,31)(H2,28,29,30,32). The number of pyridine rings is 1. The highest BCUT2D eigenvalue weighted by Crippen LogP contribution is 2.32. The minimum atomic E-state index is -4.45. The van der Waals surface area contributed by atoms with Crippen LogP contribution in [0.5, 0.6) is 11.5 Å². The Hall–Kier alpha value is -4.19. The van der Waals surface area contributed by atoms with Crippen LogP contribution in [-0.4, -0.2) is 29.0 Å². The molecule has 0 spiro atoms. The highest BCUT2D eigenvalue weighted by Gasteiger charge is 2.30. The molecule has 0 saturated heterocycles. The number of ether oxygens (including phenoxy) is 1. The van der Waals surface area contributed by atoms with Gasteiger partial charge in [-0.05, 0) is 42.5 Å². The third-order valence-corrected chi connectivity index (χ3v) is 5.41. The molecule has 2 heterocycles. The topological polar surface area (TPSA) is 105 Å². The highest BCUT2D eigenvalue weighted by atomic mass is 32.1. The summed E-state index contributed by atoms with van der Waals surface area (Å²) in [6, 6.07) is 11.7. The fourth-order valence-corrected chi connectivity index (χ4v) is 3.78. The molecule has 0 radical (unpaired) electrons. The summed E-state index contributed by atoms with van der Waals surface area (Å²) >= 11 is 1.19. The first kappa shape index (κ1) is 23.0. The molecule has 3 amide bonds. The van der Waals surface area contributed by atoms with Crippen molar-refractivity contribution in [2.24, 2.45) is 0 Å². The molecule has 4 aromatic rings. The summed E-state index contributed by atoms with van der Waals surface area (Å²) in [5.74, 6) is 0.575. The number of nitrogens with zero attached hydrogens (tertiary/aromatic N) is 2. The zero-order valence-corrected chi connectivity index (χ0v) is 18.3. The summed E-state index contributed by atoms with van der Waals surface area (Å²) in [4.78, 5) is 32.3. The molecule has 4 rings (SSSR count). The molecule has 0 aliphatic carbocycles. The van der Waals surface area contributed by atoms with E-state index in [9.17, 15) is 22.8 Å². The van der Waals surface area contributed by atoms with Crippen LogP contribution in [0, 0.1) is 0 Å². The summed E-state index contributed by atoms with van der Waals surface area (Å²) in [5, 5.41) is 7.81. The predicted molar refractivity (Wildman–Crippen MR) is 121 cm³/mol.